The largest absolute Gasteiger partial charge is 0.394 e. The summed E-state index contributed by atoms with van der Waals surface area (Å²) in [7, 11) is 0. The van der Waals surface area contributed by atoms with Gasteiger partial charge >= 0.3 is 0 Å². The van der Waals surface area contributed by atoms with Crippen LogP contribution in [0.5, 0.6) is 0 Å². The molecular formula is C13H19NO2. The van der Waals surface area contributed by atoms with Crippen molar-refractivity contribution in [1.82, 2.24) is 4.90 Å². The molecule has 3 rings (SSSR count). The van der Waals surface area contributed by atoms with Crippen LogP contribution in [0.25, 0.3) is 0 Å². The number of aliphatic hydroxyl groups is 1. The van der Waals surface area contributed by atoms with Gasteiger partial charge in [-0.3, -0.25) is 4.79 Å². The zero-order valence-electron chi connectivity index (χ0n) is 9.51. The molecule has 0 spiro atoms. The van der Waals surface area contributed by atoms with Crippen LogP contribution in [0.2, 0.25) is 0 Å². The van der Waals surface area contributed by atoms with Crippen molar-refractivity contribution in [2.45, 2.75) is 31.7 Å². The fourth-order valence-corrected chi connectivity index (χ4v) is 3.59. The fraction of sp³-hybridized carbons (Fsp3) is 0.769. The van der Waals surface area contributed by atoms with Crippen LogP contribution in [0.3, 0.4) is 0 Å². The number of hydrogen-bond acceptors (Lipinski definition) is 2. The molecule has 2 fully saturated rings. The SMILES string of the molecule is O=C(C1CC2C=CC1C2)N1CCC[C@@H]1CO. The van der Waals surface area contributed by atoms with Crippen LogP contribution in [-0.4, -0.2) is 35.1 Å². The van der Waals surface area contributed by atoms with Crippen LogP contribution in [0, 0.1) is 17.8 Å². The second kappa shape index (κ2) is 3.88. The molecule has 2 bridgehead atoms. The Morgan fingerprint density at radius 1 is 1.38 bits per heavy atom. The highest BCUT2D eigenvalue weighted by atomic mass is 16.3. The van der Waals surface area contributed by atoms with Gasteiger partial charge in [0, 0.05) is 12.5 Å². The first-order valence-electron chi connectivity index (χ1n) is 6.39. The van der Waals surface area contributed by atoms with Crippen molar-refractivity contribution in [3.8, 4) is 0 Å². The summed E-state index contributed by atoms with van der Waals surface area (Å²) in [5, 5.41) is 9.25. The van der Waals surface area contributed by atoms with E-state index in [4.69, 9.17) is 0 Å². The molecule has 4 atom stereocenters. The van der Waals surface area contributed by atoms with E-state index < -0.39 is 0 Å². The fourth-order valence-electron chi connectivity index (χ4n) is 3.59. The lowest BCUT2D eigenvalue weighted by Crippen LogP contribution is -2.42. The van der Waals surface area contributed by atoms with E-state index in [1.165, 1.54) is 6.42 Å². The maximum atomic E-state index is 12.4. The van der Waals surface area contributed by atoms with Gasteiger partial charge in [0.25, 0.3) is 0 Å². The van der Waals surface area contributed by atoms with E-state index in [2.05, 4.69) is 12.2 Å². The van der Waals surface area contributed by atoms with Gasteiger partial charge in [0.1, 0.15) is 0 Å². The number of fused-ring (bicyclic) bond motifs is 2. The average molecular weight is 221 g/mol. The molecular weight excluding hydrogens is 202 g/mol. The number of amides is 1. The second-order valence-corrected chi connectivity index (χ2v) is 5.40. The summed E-state index contributed by atoms with van der Waals surface area (Å²) < 4.78 is 0. The summed E-state index contributed by atoms with van der Waals surface area (Å²) in [6.45, 7) is 0.976. The molecule has 0 aromatic carbocycles. The van der Waals surface area contributed by atoms with Crippen LogP contribution in [0.1, 0.15) is 25.7 Å². The number of likely N-dealkylation sites (tertiary alicyclic amines) is 1. The maximum Gasteiger partial charge on any atom is 0.226 e. The highest BCUT2D eigenvalue weighted by Crippen LogP contribution is 2.44. The third-order valence-electron chi connectivity index (χ3n) is 4.47. The first-order chi connectivity index (χ1) is 7.79. The van der Waals surface area contributed by atoms with Crippen molar-refractivity contribution in [3.63, 3.8) is 0 Å². The van der Waals surface area contributed by atoms with Crippen LogP contribution in [-0.2, 0) is 4.79 Å². The van der Waals surface area contributed by atoms with Crippen molar-refractivity contribution in [2.24, 2.45) is 17.8 Å². The Labute approximate surface area is 96.1 Å². The van der Waals surface area contributed by atoms with Gasteiger partial charge < -0.3 is 10.0 Å². The number of nitrogens with zero attached hydrogens (tertiary/aromatic N) is 1. The predicted octanol–water partition coefficient (Wildman–Crippen LogP) is 1.18. The Bertz CT molecular complexity index is 326. The first kappa shape index (κ1) is 10.3. The third kappa shape index (κ3) is 1.49. The summed E-state index contributed by atoms with van der Waals surface area (Å²) >= 11 is 0. The van der Waals surface area contributed by atoms with E-state index >= 15 is 0 Å². The minimum atomic E-state index is 0.0932. The molecule has 2 aliphatic carbocycles. The summed E-state index contributed by atoms with van der Waals surface area (Å²) in [6.07, 6.45) is 8.72. The van der Waals surface area contributed by atoms with Crippen LogP contribution in [0.4, 0.5) is 0 Å². The monoisotopic (exact) mass is 221 g/mol. The smallest absolute Gasteiger partial charge is 0.226 e. The summed E-state index contributed by atoms with van der Waals surface area (Å²) in [5.41, 5.74) is 0. The first-order valence-corrected chi connectivity index (χ1v) is 6.39. The van der Waals surface area contributed by atoms with Crippen molar-refractivity contribution in [3.05, 3.63) is 12.2 Å². The van der Waals surface area contributed by atoms with Crippen LogP contribution < -0.4 is 0 Å². The molecule has 3 aliphatic rings. The van der Waals surface area contributed by atoms with Crippen molar-refractivity contribution in [1.29, 1.82) is 0 Å². The number of hydrogen-bond donors (Lipinski definition) is 1. The minimum absolute atomic E-state index is 0.0932. The normalized spacial score (nSPS) is 40.9. The number of aliphatic hydroxyl groups excluding tert-OH is 1. The van der Waals surface area contributed by atoms with E-state index in [1.807, 2.05) is 4.90 Å². The number of carbonyl (C=O) groups excluding carboxylic acids is 1. The number of allylic oxidation sites excluding steroid dienone is 2. The second-order valence-electron chi connectivity index (χ2n) is 5.40. The Morgan fingerprint density at radius 3 is 2.88 bits per heavy atom. The van der Waals surface area contributed by atoms with Crippen molar-refractivity contribution in [2.75, 3.05) is 13.2 Å². The molecule has 1 heterocycles. The van der Waals surface area contributed by atoms with Crippen molar-refractivity contribution >= 4 is 5.91 Å². The van der Waals surface area contributed by atoms with Gasteiger partial charge in [-0.2, -0.15) is 0 Å². The van der Waals surface area contributed by atoms with Crippen LogP contribution >= 0.6 is 0 Å². The Hall–Kier alpha value is -0.830. The lowest BCUT2D eigenvalue weighted by Gasteiger charge is -2.28. The van der Waals surface area contributed by atoms with Gasteiger partial charge in [-0.15, -0.1) is 0 Å². The third-order valence-corrected chi connectivity index (χ3v) is 4.47. The van der Waals surface area contributed by atoms with Gasteiger partial charge in [0.05, 0.1) is 12.6 Å². The van der Waals surface area contributed by atoms with Gasteiger partial charge in [0.15, 0.2) is 0 Å². The molecule has 3 unspecified atom stereocenters. The molecule has 16 heavy (non-hydrogen) atoms. The highest BCUT2D eigenvalue weighted by Gasteiger charge is 2.43. The Morgan fingerprint density at radius 2 is 2.25 bits per heavy atom. The number of rotatable bonds is 2. The lowest BCUT2D eigenvalue weighted by molar-refractivity contribution is -0.137. The predicted molar refractivity (Wildman–Crippen MR) is 60.7 cm³/mol. The zero-order chi connectivity index (χ0) is 11.1. The standard InChI is InChI=1S/C13H19NO2/c15-8-11-2-1-5-14(11)13(16)12-7-9-3-4-10(12)6-9/h3-4,9-12,15H,1-2,5-8H2/t9?,10?,11-,12?/m1/s1. The molecule has 0 radical (unpaired) electrons. The Kier molecular flexibility index (Phi) is 2.51. The average Bonchev–Trinajstić information content (AvgIpc) is 3.02. The summed E-state index contributed by atoms with van der Waals surface area (Å²) in [4.78, 5) is 14.3. The van der Waals surface area contributed by atoms with Gasteiger partial charge in [-0.1, -0.05) is 12.2 Å². The molecule has 3 heteroatoms. The lowest BCUT2D eigenvalue weighted by atomic mass is 9.92. The maximum absolute atomic E-state index is 12.4. The molecule has 1 saturated heterocycles. The molecule has 88 valence electrons. The van der Waals surface area contributed by atoms with E-state index in [1.54, 1.807) is 0 Å². The summed E-state index contributed by atoms with van der Waals surface area (Å²) in [5.74, 6) is 1.64. The van der Waals surface area contributed by atoms with Gasteiger partial charge in [0.2, 0.25) is 5.91 Å². The van der Waals surface area contributed by atoms with Gasteiger partial charge in [-0.05, 0) is 37.5 Å². The quantitative estimate of drug-likeness (QED) is 0.711. The van der Waals surface area contributed by atoms with E-state index in [0.29, 0.717) is 17.7 Å². The summed E-state index contributed by atoms with van der Waals surface area (Å²) in [6, 6.07) is 0.0932. The van der Waals surface area contributed by atoms with E-state index in [-0.39, 0.29) is 18.6 Å². The molecule has 1 N–H and O–H groups in total. The van der Waals surface area contributed by atoms with Gasteiger partial charge in [-0.25, -0.2) is 0 Å². The topological polar surface area (TPSA) is 40.5 Å². The van der Waals surface area contributed by atoms with E-state index in [0.717, 1.165) is 25.8 Å². The number of carbonyl (C=O) groups is 1. The van der Waals surface area contributed by atoms with E-state index in [9.17, 15) is 9.90 Å². The minimum Gasteiger partial charge on any atom is -0.394 e. The molecule has 3 nitrogen and oxygen atoms in total. The van der Waals surface area contributed by atoms with Crippen LogP contribution in [0.15, 0.2) is 12.2 Å². The zero-order valence-corrected chi connectivity index (χ0v) is 9.51. The Balaban J connectivity index is 1.71. The highest BCUT2D eigenvalue weighted by molar-refractivity contribution is 5.80. The molecule has 1 aliphatic heterocycles. The molecule has 1 saturated carbocycles. The molecule has 0 aromatic rings. The van der Waals surface area contributed by atoms with Crippen molar-refractivity contribution < 1.29 is 9.90 Å². The molecule has 0 aromatic heterocycles. The molecule has 1 amide bonds.